The molecule has 78 valence electrons. The highest BCUT2D eigenvalue weighted by Gasteiger charge is 2.03. The first-order chi connectivity index (χ1) is 6.63. The van der Waals surface area contributed by atoms with Crippen LogP contribution in [0.4, 0.5) is 11.5 Å². The quantitative estimate of drug-likeness (QED) is 0.653. The summed E-state index contributed by atoms with van der Waals surface area (Å²) in [6.07, 6.45) is -0.416. The van der Waals surface area contributed by atoms with Crippen molar-refractivity contribution in [2.24, 2.45) is 0 Å². The number of anilines is 2. The number of pyridine rings is 1. The van der Waals surface area contributed by atoms with E-state index in [0.29, 0.717) is 23.9 Å². The van der Waals surface area contributed by atoms with Crippen molar-refractivity contribution in [1.82, 2.24) is 4.98 Å². The van der Waals surface area contributed by atoms with E-state index in [4.69, 9.17) is 15.6 Å². The smallest absolute Gasteiger partial charge is 0.238 e. The summed E-state index contributed by atoms with van der Waals surface area (Å²) in [5, 5.41) is 12.0. The maximum Gasteiger partial charge on any atom is 0.238 e. The topological polar surface area (TPSA) is 80.4 Å². The van der Waals surface area contributed by atoms with Crippen molar-refractivity contribution >= 4 is 11.5 Å². The number of aromatic nitrogens is 1. The van der Waals surface area contributed by atoms with Gasteiger partial charge >= 0.3 is 0 Å². The van der Waals surface area contributed by atoms with Crippen LogP contribution in [0.3, 0.4) is 0 Å². The van der Waals surface area contributed by atoms with Gasteiger partial charge in [0.15, 0.2) is 0 Å². The second-order valence-electron chi connectivity index (χ2n) is 3.02. The molecular formula is C9H15N3O2. The molecule has 0 aliphatic carbocycles. The van der Waals surface area contributed by atoms with Crippen molar-refractivity contribution in [2.45, 2.75) is 13.0 Å². The van der Waals surface area contributed by atoms with Crippen molar-refractivity contribution in [3.05, 3.63) is 12.1 Å². The molecule has 0 aliphatic heterocycles. The number of ether oxygens (including phenoxy) is 1. The second-order valence-corrected chi connectivity index (χ2v) is 3.02. The van der Waals surface area contributed by atoms with E-state index in [-0.39, 0.29) is 0 Å². The summed E-state index contributed by atoms with van der Waals surface area (Å²) < 4.78 is 4.95. The van der Waals surface area contributed by atoms with E-state index in [2.05, 4.69) is 10.3 Å². The number of rotatable bonds is 4. The molecule has 1 atom stereocenters. The van der Waals surface area contributed by atoms with E-state index in [0.717, 1.165) is 0 Å². The van der Waals surface area contributed by atoms with Gasteiger partial charge in [-0.25, -0.2) is 0 Å². The average molecular weight is 197 g/mol. The highest BCUT2D eigenvalue weighted by Crippen LogP contribution is 2.19. The minimum atomic E-state index is -0.416. The van der Waals surface area contributed by atoms with Crippen LogP contribution in [0.2, 0.25) is 0 Å². The minimum Gasteiger partial charge on any atom is -0.479 e. The minimum absolute atomic E-state index is 0.389. The van der Waals surface area contributed by atoms with Gasteiger partial charge in [-0.05, 0) is 19.1 Å². The molecule has 0 aliphatic rings. The third-order valence-corrected chi connectivity index (χ3v) is 1.66. The van der Waals surface area contributed by atoms with Gasteiger partial charge in [-0.15, -0.1) is 0 Å². The molecule has 1 aromatic rings. The molecule has 1 heterocycles. The van der Waals surface area contributed by atoms with Gasteiger partial charge in [0.05, 0.1) is 18.9 Å². The summed E-state index contributed by atoms with van der Waals surface area (Å²) in [6, 6.07) is 3.44. The molecule has 5 heteroatoms. The zero-order chi connectivity index (χ0) is 10.6. The molecule has 0 amide bonds. The van der Waals surface area contributed by atoms with Crippen LogP contribution in [0.1, 0.15) is 6.92 Å². The molecule has 0 spiro atoms. The Morgan fingerprint density at radius 2 is 2.36 bits per heavy atom. The number of hydrogen-bond donors (Lipinski definition) is 3. The molecule has 1 aromatic heterocycles. The van der Waals surface area contributed by atoms with Crippen molar-refractivity contribution in [3.63, 3.8) is 0 Å². The molecule has 0 fully saturated rings. The van der Waals surface area contributed by atoms with Gasteiger partial charge in [0.2, 0.25) is 5.88 Å². The van der Waals surface area contributed by atoms with Crippen molar-refractivity contribution < 1.29 is 9.84 Å². The maximum absolute atomic E-state index is 9.05. The monoisotopic (exact) mass is 197 g/mol. The zero-order valence-electron chi connectivity index (χ0n) is 8.32. The van der Waals surface area contributed by atoms with Gasteiger partial charge in [-0.3, -0.25) is 0 Å². The van der Waals surface area contributed by atoms with E-state index in [9.17, 15) is 0 Å². The molecule has 0 aromatic carbocycles. The summed E-state index contributed by atoms with van der Waals surface area (Å²) in [4.78, 5) is 4.09. The van der Waals surface area contributed by atoms with Crippen LogP contribution in [0.15, 0.2) is 12.1 Å². The van der Waals surface area contributed by atoms with Crippen molar-refractivity contribution in [1.29, 1.82) is 0 Å². The lowest BCUT2D eigenvalue weighted by Gasteiger charge is -2.09. The normalized spacial score (nSPS) is 12.2. The molecule has 1 rings (SSSR count). The fourth-order valence-electron chi connectivity index (χ4n) is 0.965. The fourth-order valence-corrected chi connectivity index (χ4v) is 0.965. The van der Waals surface area contributed by atoms with Crippen LogP contribution in [0, 0.1) is 0 Å². The summed E-state index contributed by atoms with van der Waals surface area (Å²) in [5.41, 5.74) is 6.09. The summed E-state index contributed by atoms with van der Waals surface area (Å²) in [5.74, 6) is 1.03. The number of aliphatic hydroxyl groups excluding tert-OH is 1. The third-order valence-electron chi connectivity index (χ3n) is 1.66. The molecular weight excluding hydrogens is 182 g/mol. The Morgan fingerprint density at radius 1 is 1.64 bits per heavy atom. The molecule has 1 unspecified atom stereocenters. The van der Waals surface area contributed by atoms with Gasteiger partial charge in [-0.1, -0.05) is 0 Å². The summed E-state index contributed by atoms with van der Waals surface area (Å²) >= 11 is 0. The Kier molecular flexibility index (Phi) is 3.53. The van der Waals surface area contributed by atoms with Gasteiger partial charge in [0.1, 0.15) is 5.82 Å². The number of nitrogens with two attached hydrogens (primary N) is 1. The van der Waals surface area contributed by atoms with E-state index in [1.807, 2.05) is 0 Å². The largest absolute Gasteiger partial charge is 0.479 e. The fraction of sp³-hybridized carbons (Fsp3) is 0.444. The predicted molar refractivity (Wildman–Crippen MR) is 55.4 cm³/mol. The van der Waals surface area contributed by atoms with Gasteiger partial charge in [-0.2, -0.15) is 4.98 Å². The highest BCUT2D eigenvalue weighted by molar-refractivity contribution is 5.53. The van der Waals surface area contributed by atoms with E-state index in [1.165, 1.54) is 7.11 Å². The van der Waals surface area contributed by atoms with Crippen molar-refractivity contribution in [2.75, 3.05) is 24.7 Å². The Bertz CT molecular complexity index is 302. The zero-order valence-corrected chi connectivity index (χ0v) is 8.32. The van der Waals surface area contributed by atoms with E-state index >= 15 is 0 Å². The van der Waals surface area contributed by atoms with Gasteiger partial charge < -0.3 is 20.9 Å². The second kappa shape index (κ2) is 4.66. The van der Waals surface area contributed by atoms with Crippen LogP contribution >= 0.6 is 0 Å². The number of methoxy groups -OCH3 is 1. The van der Waals surface area contributed by atoms with E-state index in [1.54, 1.807) is 19.1 Å². The molecule has 0 saturated heterocycles. The number of nitrogen functional groups attached to an aromatic ring is 1. The number of nitrogens with one attached hydrogen (secondary N) is 1. The molecule has 14 heavy (non-hydrogen) atoms. The summed E-state index contributed by atoms with van der Waals surface area (Å²) in [6.45, 7) is 2.14. The van der Waals surface area contributed by atoms with Crippen LogP contribution < -0.4 is 15.8 Å². The van der Waals surface area contributed by atoms with Gasteiger partial charge in [0, 0.05) is 6.54 Å². The van der Waals surface area contributed by atoms with Crippen molar-refractivity contribution in [3.8, 4) is 5.88 Å². The lowest BCUT2D eigenvalue weighted by Crippen LogP contribution is -2.16. The first-order valence-electron chi connectivity index (χ1n) is 4.36. The molecule has 4 N–H and O–H groups in total. The average Bonchev–Trinajstić information content (AvgIpc) is 2.16. The highest BCUT2D eigenvalue weighted by atomic mass is 16.5. The Hall–Kier alpha value is -1.49. The Morgan fingerprint density at radius 3 is 2.93 bits per heavy atom. The standard InChI is InChI=1S/C9H15N3O2/c1-6(13)5-11-8-4-3-7(10)9(12-8)14-2/h3-4,6,13H,5,10H2,1-2H3,(H,11,12). The molecule has 0 bridgehead atoms. The maximum atomic E-state index is 9.05. The van der Waals surface area contributed by atoms with Crippen LogP contribution in [0.25, 0.3) is 0 Å². The van der Waals surface area contributed by atoms with Crippen LogP contribution in [0.5, 0.6) is 5.88 Å². The van der Waals surface area contributed by atoms with Crippen LogP contribution in [-0.2, 0) is 0 Å². The van der Waals surface area contributed by atoms with E-state index < -0.39 is 6.10 Å². The SMILES string of the molecule is COc1nc(NCC(C)O)ccc1N. The third kappa shape index (κ3) is 2.77. The molecule has 0 saturated carbocycles. The lowest BCUT2D eigenvalue weighted by atomic mass is 10.3. The lowest BCUT2D eigenvalue weighted by molar-refractivity contribution is 0.208. The summed E-state index contributed by atoms with van der Waals surface area (Å²) in [7, 11) is 1.51. The number of nitrogens with zero attached hydrogens (tertiary/aromatic N) is 1. The van der Waals surface area contributed by atoms with Gasteiger partial charge in [0.25, 0.3) is 0 Å². The number of aliphatic hydroxyl groups is 1. The molecule has 5 nitrogen and oxygen atoms in total. The number of hydrogen-bond acceptors (Lipinski definition) is 5. The molecule has 0 radical (unpaired) electrons. The first-order valence-corrected chi connectivity index (χ1v) is 4.36. The first kappa shape index (κ1) is 10.6. The Labute approximate surface area is 82.9 Å². The van der Waals surface area contributed by atoms with Crippen LogP contribution in [-0.4, -0.2) is 29.8 Å². The predicted octanol–water partition coefficient (Wildman–Crippen LogP) is 0.465. The Balaban J connectivity index is 2.69.